The first-order valence-corrected chi connectivity index (χ1v) is 6.21. The molecule has 2 aliphatic heterocycles. The van der Waals surface area contributed by atoms with E-state index in [0.717, 1.165) is 0 Å². The third-order valence-electron chi connectivity index (χ3n) is 2.41. The van der Waals surface area contributed by atoms with E-state index >= 15 is 0 Å². The van der Waals surface area contributed by atoms with Gasteiger partial charge in [0.1, 0.15) is 0 Å². The molecule has 9 nitrogen and oxygen atoms in total. The standard InChI is InChI=1S/C9H13ClN8O/c1-2-18(4-3-10)17-16-9-12-5-6(14-9)13-8(11)15-7(5)19/h5H,2-4H2,1H3,(H3,11,12,13,14,15,19)/b17-16+. The van der Waals surface area contributed by atoms with Crippen LogP contribution in [0.4, 0.5) is 0 Å². The molecular formula is C9H13ClN8O. The van der Waals surface area contributed by atoms with Gasteiger partial charge in [-0.05, 0) is 6.92 Å². The van der Waals surface area contributed by atoms with Crippen LogP contribution < -0.4 is 11.1 Å². The largest absolute Gasteiger partial charge is 0.369 e. The molecule has 19 heavy (non-hydrogen) atoms. The first-order valence-electron chi connectivity index (χ1n) is 5.68. The lowest BCUT2D eigenvalue weighted by Crippen LogP contribution is -2.49. The molecule has 2 aliphatic rings. The second-order valence-corrected chi connectivity index (χ2v) is 4.09. The van der Waals surface area contributed by atoms with Crippen LogP contribution in [-0.4, -0.2) is 53.7 Å². The van der Waals surface area contributed by atoms with Crippen molar-refractivity contribution in [2.45, 2.75) is 13.0 Å². The highest BCUT2D eigenvalue weighted by molar-refractivity contribution is 6.24. The summed E-state index contributed by atoms with van der Waals surface area (Å²) in [5, 5.41) is 11.8. The van der Waals surface area contributed by atoms with Gasteiger partial charge in [-0.2, -0.15) is 9.98 Å². The Kier molecular flexibility index (Phi) is 4.05. The highest BCUT2D eigenvalue weighted by atomic mass is 35.5. The van der Waals surface area contributed by atoms with Gasteiger partial charge in [-0.15, -0.1) is 11.6 Å². The molecule has 0 bridgehead atoms. The Morgan fingerprint density at radius 2 is 2.32 bits per heavy atom. The molecule has 1 atom stereocenters. The smallest absolute Gasteiger partial charge is 0.269 e. The first kappa shape index (κ1) is 13.4. The molecule has 0 fully saturated rings. The van der Waals surface area contributed by atoms with Crippen LogP contribution in [0.25, 0.3) is 0 Å². The van der Waals surface area contributed by atoms with Gasteiger partial charge in [-0.25, -0.2) is 4.99 Å². The van der Waals surface area contributed by atoms with Crippen molar-refractivity contribution in [1.29, 1.82) is 0 Å². The van der Waals surface area contributed by atoms with Gasteiger partial charge < -0.3 is 5.73 Å². The van der Waals surface area contributed by atoms with Crippen LogP contribution >= 0.6 is 11.6 Å². The van der Waals surface area contributed by atoms with Crippen molar-refractivity contribution in [3.05, 3.63) is 0 Å². The van der Waals surface area contributed by atoms with Crippen molar-refractivity contribution in [2.75, 3.05) is 19.0 Å². The SMILES string of the molecule is CCN(CCCl)/N=N/C1=NC2C(=O)NC(N)=NC2=N1. The summed E-state index contributed by atoms with van der Waals surface area (Å²) in [6, 6.07) is -0.788. The monoisotopic (exact) mass is 284 g/mol. The van der Waals surface area contributed by atoms with Gasteiger partial charge in [-0.1, -0.05) is 10.3 Å². The number of carbonyl (C=O) groups excluding carboxylic acids is 1. The fraction of sp³-hybridized carbons (Fsp3) is 0.556. The predicted molar refractivity (Wildman–Crippen MR) is 71.2 cm³/mol. The molecule has 2 heterocycles. The molecule has 2 rings (SSSR count). The summed E-state index contributed by atoms with van der Waals surface area (Å²) in [5.41, 5.74) is 5.42. The van der Waals surface area contributed by atoms with E-state index in [4.69, 9.17) is 17.3 Å². The number of alkyl halides is 1. The summed E-state index contributed by atoms with van der Waals surface area (Å²) in [4.78, 5) is 23.5. The normalized spacial score (nSPS) is 21.7. The number of aliphatic imine (C=N–C) groups is 3. The van der Waals surface area contributed by atoms with Crippen molar-refractivity contribution in [1.82, 2.24) is 10.3 Å². The van der Waals surface area contributed by atoms with E-state index in [-0.39, 0.29) is 23.7 Å². The van der Waals surface area contributed by atoms with E-state index in [2.05, 4.69) is 30.6 Å². The van der Waals surface area contributed by atoms with Crippen LogP contribution in [0.2, 0.25) is 0 Å². The average Bonchev–Trinajstić information content (AvgIpc) is 2.77. The number of guanidine groups is 2. The molecule has 10 heteroatoms. The van der Waals surface area contributed by atoms with Crippen molar-refractivity contribution < 1.29 is 4.79 Å². The molecule has 1 unspecified atom stereocenters. The summed E-state index contributed by atoms with van der Waals surface area (Å²) in [5.74, 6) is 0.409. The molecule has 0 aromatic heterocycles. The Hall–Kier alpha value is -2.03. The zero-order chi connectivity index (χ0) is 13.8. The van der Waals surface area contributed by atoms with E-state index in [1.807, 2.05) is 6.92 Å². The summed E-state index contributed by atoms with van der Waals surface area (Å²) in [6.45, 7) is 3.15. The van der Waals surface area contributed by atoms with Crippen LogP contribution in [0.3, 0.4) is 0 Å². The van der Waals surface area contributed by atoms with Gasteiger partial charge >= 0.3 is 0 Å². The molecule has 0 aliphatic carbocycles. The van der Waals surface area contributed by atoms with E-state index < -0.39 is 6.04 Å². The Morgan fingerprint density at radius 1 is 1.53 bits per heavy atom. The lowest BCUT2D eigenvalue weighted by atomic mass is 10.2. The van der Waals surface area contributed by atoms with Crippen LogP contribution in [0.5, 0.6) is 0 Å². The summed E-state index contributed by atoms with van der Waals surface area (Å²) < 4.78 is 0. The fourth-order valence-electron chi connectivity index (χ4n) is 1.49. The van der Waals surface area contributed by atoms with Gasteiger partial charge in [0.25, 0.3) is 11.9 Å². The van der Waals surface area contributed by atoms with Crippen molar-refractivity contribution in [3.63, 3.8) is 0 Å². The third kappa shape index (κ3) is 3.05. The number of amidine groups is 1. The summed E-state index contributed by atoms with van der Waals surface area (Å²) in [6.07, 6.45) is 0. The highest BCUT2D eigenvalue weighted by Gasteiger charge is 2.33. The quantitative estimate of drug-likeness (QED) is 0.411. The number of rotatable bonds is 4. The van der Waals surface area contributed by atoms with Gasteiger partial charge in [0.2, 0.25) is 5.96 Å². The summed E-state index contributed by atoms with van der Waals surface area (Å²) in [7, 11) is 0. The van der Waals surface area contributed by atoms with E-state index in [9.17, 15) is 4.79 Å². The molecular weight excluding hydrogens is 272 g/mol. The third-order valence-corrected chi connectivity index (χ3v) is 2.58. The molecule has 0 spiro atoms. The molecule has 102 valence electrons. The highest BCUT2D eigenvalue weighted by Crippen LogP contribution is 2.11. The van der Waals surface area contributed by atoms with Gasteiger partial charge in [0.15, 0.2) is 11.9 Å². The number of hydrogen-bond acceptors (Lipinski definition) is 7. The topological polar surface area (TPSA) is 120 Å². The van der Waals surface area contributed by atoms with Crippen molar-refractivity contribution in [2.24, 2.45) is 31.0 Å². The van der Waals surface area contributed by atoms with E-state index in [0.29, 0.717) is 19.0 Å². The summed E-state index contributed by atoms with van der Waals surface area (Å²) >= 11 is 5.62. The van der Waals surface area contributed by atoms with E-state index in [1.165, 1.54) is 0 Å². The fourth-order valence-corrected chi connectivity index (χ4v) is 1.68. The molecule has 0 aromatic carbocycles. The number of nitrogens with one attached hydrogen (secondary N) is 1. The Balaban J connectivity index is 2.10. The molecule has 1 amide bonds. The zero-order valence-corrected chi connectivity index (χ0v) is 11.0. The average molecular weight is 285 g/mol. The number of halogens is 1. The van der Waals surface area contributed by atoms with Crippen LogP contribution in [-0.2, 0) is 4.79 Å². The number of nitrogens with zero attached hydrogens (tertiary/aromatic N) is 6. The molecule has 0 aromatic rings. The number of nitrogens with two attached hydrogens (primary N) is 1. The number of carbonyl (C=O) groups is 1. The lowest BCUT2D eigenvalue weighted by molar-refractivity contribution is -0.119. The number of amides is 1. The van der Waals surface area contributed by atoms with Gasteiger partial charge in [-0.3, -0.25) is 15.1 Å². The molecule has 0 radical (unpaired) electrons. The van der Waals surface area contributed by atoms with Crippen LogP contribution in [0.15, 0.2) is 25.3 Å². The van der Waals surface area contributed by atoms with Gasteiger partial charge in [0.05, 0.1) is 6.54 Å². The van der Waals surface area contributed by atoms with Crippen LogP contribution in [0.1, 0.15) is 6.92 Å². The van der Waals surface area contributed by atoms with E-state index in [1.54, 1.807) is 5.01 Å². The Morgan fingerprint density at radius 3 is 3.00 bits per heavy atom. The van der Waals surface area contributed by atoms with Gasteiger partial charge in [0, 0.05) is 12.4 Å². The van der Waals surface area contributed by atoms with Crippen LogP contribution in [0, 0.1) is 0 Å². The number of hydrogen-bond donors (Lipinski definition) is 2. The maximum Gasteiger partial charge on any atom is 0.269 e. The molecule has 0 saturated carbocycles. The Labute approximate surface area is 114 Å². The van der Waals surface area contributed by atoms with Crippen molar-refractivity contribution in [3.8, 4) is 0 Å². The maximum atomic E-state index is 11.6. The van der Waals surface area contributed by atoms with Crippen molar-refractivity contribution >= 4 is 35.3 Å². The Bertz CT molecular complexity index is 496. The minimum Gasteiger partial charge on any atom is -0.369 e. The molecule has 0 saturated heterocycles. The minimum absolute atomic E-state index is 0.00529. The number of fused-ring (bicyclic) bond motifs is 1. The predicted octanol–water partition coefficient (Wildman–Crippen LogP) is -0.504. The lowest BCUT2D eigenvalue weighted by Gasteiger charge is -2.13. The minimum atomic E-state index is -0.788. The second kappa shape index (κ2) is 5.74. The second-order valence-electron chi connectivity index (χ2n) is 3.71. The molecule has 3 N–H and O–H groups in total. The zero-order valence-electron chi connectivity index (χ0n) is 10.2. The maximum absolute atomic E-state index is 11.6. The first-order chi connectivity index (χ1) is 9.13.